The van der Waals surface area contributed by atoms with Crippen LogP contribution in [0.4, 0.5) is 0 Å². The van der Waals surface area contributed by atoms with E-state index in [4.69, 9.17) is 4.42 Å². The maximum Gasteiger partial charge on any atom is 0.181 e. The van der Waals surface area contributed by atoms with Crippen LogP contribution in [0.15, 0.2) is 10.8 Å². The van der Waals surface area contributed by atoms with Crippen LogP contribution < -0.4 is 5.32 Å². The van der Waals surface area contributed by atoms with Gasteiger partial charge in [-0.25, -0.2) is 4.98 Å². The van der Waals surface area contributed by atoms with Crippen LogP contribution in [0, 0.1) is 0 Å². The third-order valence-corrected chi connectivity index (χ3v) is 1.40. The summed E-state index contributed by atoms with van der Waals surface area (Å²) in [5.74, 6) is 0.949. The third kappa shape index (κ3) is 1.36. The van der Waals surface area contributed by atoms with Gasteiger partial charge in [0.25, 0.3) is 0 Å². The molecule has 3 nitrogen and oxygen atoms in total. The van der Waals surface area contributed by atoms with Crippen molar-refractivity contribution >= 4 is 0 Å². The number of nitrogens with one attached hydrogen (secondary N) is 1. The van der Waals surface area contributed by atoms with Gasteiger partial charge in [0, 0.05) is 0 Å². The molecule has 1 aromatic rings. The molecule has 0 radical (unpaired) electrons. The van der Waals surface area contributed by atoms with Crippen molar-refractivity contribution in [3.05, 3.63) is 17.8 Å². The molecular weight excluding hydrogens is 128 g/mol. The summed E-state index contributed by atoms with van der Waals surface area (Å²) in [6.45, 7) is 2.83. The van der Waals surface area contributed by atoms with Crippen molar-refractivity contribution in [3.63, 3.8) is 0 Å². The van der Waals surface area contributed by atoms with Gasteiger partial charge in [0.1, 0.15) is 5.76 Å². The first-order valence-electron chi connectivity index (χ1n) is 3.44. The molecule has 56 valence electrons. The predicted molar refractivity (Wildman–Crippen MR) is 38.6 cm³/mol. The molecule has 0 unspecified atom stereocenters. The van der Waals surface area contributed by atoms with E-state index in [1.165, 1.54) is 6.39 Å². The summed E-state index contributed by atoms with van der Waals surface area (Å²) >= 11 is 0. The first-order chi connectivity index (χ1) is 4.88. The zero-order chi connectivity index (χ0) is 7.40. The largest absolute Gasteiger partial charge is 0.447 e. The van der Waals surface area contributed by atoms with Gasteiger partial charge in [-0.05, 0) is 13.5 Å². The second-order valence-corrected chi connectivity index (χ2v) is 2.11. The van der Waals surface area contributed by atoms with E-state index in [1.807, 2.05) is 7.05 Å². The minimum absolute atomic E-state index is 0.767. The highest BCUT2D eigenvalue weighted by molar-refractivity contribution is 5.06. The molecule has 0 fully saturated rings. The fourth-order valence-corrected chi connectivity index (χ4v) is 0.886. The number of aromatic nitrogens is 1. The van der Waals surface area contributed by atoms with Crippen molar-refractivity contribution in [3.8, 4) is 0 Å². The Bertz CT molecular complexity index is 195. The minimum Gasteiger partial charge on any atom is -0.447 e. The van der Waals surface area contributed by atoms with Gasteiger partial charge in [-0.1, -0.05) is 6.92 Å². The van der Waals surface area contributed by atoms with Crippen LogP contribution >= 0.6 is 0 Å². The van der Waals surface area contributed by atoms with Gasteiger partial charge < -0.3 is 9.73 Å². The van der Waals surface area contributed by atoms with Crippen molar-refractivity contribution in [1.82, 2.24) is 10.3 Å². The zero-order valence-corrected chi connectivity index (χ0v) is 6.35. The molecule has 1 aromatic heterocycles. The van der Waals surface area contributed by atoms with E-state index < -0.39 is 0 Å². The molecule has 0 atom stereocenters. The van der Waals surface area contributed by atoms with Crippen LogP contribution in [0.5, 0.6) is 0 Å². The summed E-state index contributed by atoms with van der Waals surface area (Å²) in [5, 5.41) is 3.01. The summed E-state index contributed by atoms with van der Waals surface area (Å²) in [7, 11) is 1.89. The molecule has 0 bridgehead atoms. The normalized spacial score (nSPS) is 10.2. The second kappa shape index (κ2) is 3.37. The van der Waals surface area contributed by atoms with Gasteiger partial charge in [-0.3, -0.25) is 0 Å². The molecular formula is C7H12N2O. The highest BCUT2D eigenvalue weighted by Gasteiger charge is 2.02. The summed E-state index contributed by atoms with van der Waals surface area (Å²) in [6.07, 6.45) is 2.43. The van der Waals surface area contributed by atoms with Gasteiger partial charge in [0.15, 0.2) is 6.39 Å². The Morgan fingerprint density at radius 3 is 3.10 bits per heavy atom. The number of oxazole rings is 1. The highest BCUT2D eigenvalue weighted by atomic mass is 16.3. The lowest BCUT2D eigenvalue weighted by Crippen LogP contribution is -2.05. The van der Waals surface area contributed by atoms with E-state index in [2.05, 4.69) is 17.2 Å². The average Bonchev–Trinajstić information content (AvgIpc) is 2.36. The Morgan fingerprint density at radius 2 is 2.50 bits per heavy atom. The van der Waals surface area contributed by atoms with E-state index in [-0.39, 0.29) is 0 Å². The average molecular weight is 140 g/mol. The van der Waals surface area contributed by atoms with Gasteiger partial charge in [0.05, 0.1) is 12.2 Å². The van der Waals surface area contributed by atoms with Crippen molar-refractivity contribution in [2.24, 2.45) is 0 Å². The fraction of sp³-hybridized carbons (Fsp3) is 0.571. The topological polar surface area (TPSA) is 38.1 Å². The van der Waals surface area contributed by atoms with Crippen molar-refractivity contribution in [1.29, 1.82) is 0 Å². The molecule has 0 amide bonds. The number of rotatable bonds is 3. The minimum atomic E-state index is 0.767. The molecule has 3 heteroatoms. The number of nitrogens with zero attached hydrogens (tertiary/aromatic N) is 1. The monoisotopic (exact) mass is 140 g/mol. The van der Waals surface area contributed by atoms with Gasteiger partial charge in [0.2, 0.25) is 0 Å². The predicted octanol–water partition coefficient (Wildman–Crippen LogP) is 0.956. The standard InChI is InChI=1S/C7H12N2O/c1-3-6-7(4-8-2)10-5-9-6/h5,8H,3-4H2,1-2H3. The Kier molecular flexibility index (Phi) is 2.45. The quantitative estimate of drug-likeness (QED) is 0.679. The molecule has 0 aliphatic rings. The van der Waals surface area contributed by atoms with E-state index in [0.29, 0.717) is 0 Å². The second-order valence-electron chi connectivity index (χ2n) is 2.11. The zero-order valence-electron chi connectivity index (χ0n) is 6.35. The SMILES string of the molecule is CCc1ncoc1CNC. The molecule has 0 aliphatic heterocycles. The van der Waals surface area contributed by atoms with Crippen molar-refractivity contribution in [2.75, 3.05) is 7.05 Å². The molecule has 1 heterocycles. The molecule has 0 saturated carbocycles. The highest BCUT2D eigenvalue weighted by Crippen LogP contribution is 2.05. The Balaban J connectivity index is 2.70. The lowest BCUT2D eigenvalue weighted by molar-refractivity contribution is 0.487. The van der Waals surface area contributed by atoms with Crippen LogP contribution in [-0.2, 0) is 13.0 Å². The van der Waals surface area contributed by atoms with Crippen LogP contribution in [0.25, 0.3) is 0 Å². The van der Waals surface area contributed by atoms with Crippen LogP contribution in [0.3, 0.4) is 0 Å². The summed E-state index contributed by atoms with van der Waals surface area (Å²) in [6, 6.07) is 0. The van der Waals surface area contributed by atoms with Crippen LogP contribution in [-0.4, -0.2) is 12.0 Å². The van der Waals surface area contributed by atoms with E-state index in [1.54, 1.807) is 0 Å². The number of aryl methyl sites for hydroxylation is 1. The Morgan fingerprint density at radius 1 is 1.70 bits per heavy atom. The lowest BCUT2D eigenvalue weighted by atomic mass is 10.3. The maximum absolute atomic E-state index is 5.12. The summed E-state index contributed by atoms with van der Waals surface area (Å²) < 4.78 is 5.12. The van der Waals surface area contributed by atoms with E-state index >= 15 is 0 Å². The maximum atomic E-state index is 5.12. The molecule has 1 rings (SSSR count). The fourth-order valence-electron chi connectivity index (χ4n) is 0.886. The number of hydrogen-bond donors (Lipinski definition) is 1. The molecule has 0 aliphatic carbocycles. The van der Waals surface area contributed by atoms with E-state index in [0.717, 1.165) is 24.4 Å². The first-order valence-corrected chi connectivity index (χ1v) is 3.44. The van der Waals surface area contributed by atoms with Crippen LogP contribution in [0.1, 0.15) is 18.4 Å². The summed E-state index contributed by atoms with van der Waals surface area (Å²) in [5.41, 5.74) is 1.05. The Labute approximate surface area is 60.5 Å². The van der Waals surface area contributed by atoms with Gasteiger partial charge in [-0.2, -0.15) is 0 Å². The molecule has 0 spiro atoms. The van der Waals surface area contributed by atoms with Gasteiger partial charge in [-0.15, -0.1) is 0 Å². The first kappa shape index (κ1) is 7.28. The van der Waals surface area contributed by atoms with Gasteiger partial charge >= 0.3 is 0 Å². The van der Waals surface area contributed by atoms with E-state index in [9.17, 15) is 0 Å². The third-order valence-electron chi connectivity index (χ3n) is 1.40. The van der Waals surface area contributed by atoms with Crippen LogP contribution in [0.2, 0.25) is 0 Å². The molecule has 1 N–H and O–H groups in total. The van der Waals surface area contributed by atoms with Crippen molar-refractivity contribution < 1.29 is 4.42 Å². The lowest BCUT2D eigenvalue weighted by Gasteiger charge is -1.94. The Hall–Kier alpha value is -0.830. The summed E-state index contributed by atoms with van der Waals surface area (Å²) in [4.78, 5) is 4.05. The van der Waals surface area contributed by atoms with Crippen molar-refractivity contribution in [2.45, 2.75) is 19.9 Å². The molecule has 10 heavy (non-hydrogen) atoms. The molecule has 0 aromatic carbocycles. The molecule has 0 saturated heterocycles. The smallest absolute Gasteiger partial charge is 0.181 e. The number of hydrogen-bond acceptors (Lipinski definition) is 3.